The zero-order valence-electron chi connectivity index (χ0n) is 16.2. The summed E-state index contributed by atoms with van der Waals surface area (Å²) in [4.78, 5) is 20.6. The van der Waals surface area contributed by atoms with Gasteiger partial charge in [-0.2, -0.15) is 0 Å². The number of benzene rings is 2. The molecule has 152 valence electrons. The first-order valence-electron chi connectivity index (χ1n) is 8.80. The summed E-state index contributed by atoms with van der Waals surface area (Å²) < 4.78 is 19.7. The lowest BCUT2D eigenvalue weighted by atomic mass is 10.1. The molecule has 3 aromatic rings. The zero-order valence-corrected chi connectivity index (χ0v) is 17.0. The van der Waals surface area contributed by atoms with Gasteiger partial charge in [-0.15, -0.1) is 0 Å². The van der Waals surface area contributed by atoms with E-state index >= 15 is 0 Å². The van der Waals surface area contributed by atoms with Crippen molar-refractivity contribution in [2.75, 3.05) is 12.4 Å². The van der Waals surface area contributed by atoms with E-state index in [1.807, 2.05) is 0 Å². The highest BCUT2D eigenvalue weighted by Crippen LogP contribution is 2.31. The predicted octanol–water partition coefficient (Wildman–Crippen LogP) is 3.53. The first-order valence-corrected chi connectivity index (χ1v) is 9.18. The normalized spacial score (nSPS) is 11.4. The van der Waals surface area contributed by atoms with Crippen molar-refractivity contribution in [1.29, 1.82) is 0 Å². The van der Waals surface area contributed by atoms with Crippen LogP contribution in [0.25, 0.3) is 10.9 Å². The number of nitrogens with two attached hydrogens (primary N) is 1. The van der Waals surface area contributed by atoms with Gasteiger partial charge in [0.1, 0.15) is 17.9 Å². The highest BCUT2D eigenvalue weighted by atomic mass is 35.5. The van der Waals surface area contributed by atoms with Gasteiger partial charge in [0.2, 0.25) is 5.91 Å². The van der Waals surface area contributed by atoms with Crippen molar-refractivity contribution < 1.29 is 13.9 Å². The van der Waals surface area contributed by atoms with Crippen LogP contribution in [-0.2, 0) is 11.3 Å². The van der Waals surface area contributed by atoms with E-state index in [1.54, 1.807) is 38.1 Å². The maximum Gasteiger partial charge on any atom is 0.239 e. The molecule has 0 spiro atoms. The summed E-state index contributed by atoms with van der Waals surface area (Å²) >= 11 is 5.86. The summed E-state index contributed by atoms with van der Waals surface area (Å²) in [6.07, 6.45) is 1.37. The van der Waals surface area contributed by atoms with Gasteiger partial charge in [-0.1, -0.05) is 17.7 Å². The smallest absolute Gasteiger partial charge is 0.239 e. The number of hydrogen-bond acceptors (Lipinski definition) is 6. The molecule has 0 aliphatic heterocycles. The summed E-state index contributed by atoms with van der Waals surface area (Å²) in [5.74, 6) is 0.0622. The van der Waals surface area contributed by atoms with E-state index in [-0.39, 0.29) is 23.2 Å². The Kier molecular flexibility index (Phi) is 5.86. The molecule has 0 fully saturated rings. The number of amides is 1. The lowest BCUT2D eigenvalue weighted by Crippen LogP contribution is -2.48. The van der Waals surface area contributed by atoms with E-state index in [4.69, 9.17) is 22.1 Å². The Balaban J connectivity index is 2.00. The number of ether oxygens (including phenoxy) is 1. The second-order valence-corrected chi connectivity index (χ2v) is 7.44. The number of halogens is 2. The predicted molar refractivity (Wildman–Crippen MR) is 111 cm³/mol. The molecular formula is C20H21ClFN5O2. The summed E-state index contributed by atoms with van der Waals surface area (Å²) in [6, 6.07) is 8.16. The minimum absolute atomic E-state index is 0.00262. The SMILES string of the molecule is COc1cc2ncnc(Nc3cccc(Cl)c3F)c2cc1CNC(=O)C(C)(C)N. The fraction of sp³-hybridized carbons (Fsp3) is 0.250. The molecule has 1 heterocycles. The number of aromatic nitrogens is 2. The van der Waals surface area contributed by atoms with Crippen molar-refractivity contribution in [2.24, 2.45) is 5.73 Å². The van der Waals surface area contributed by atoms with Crippen LogP contribution in [0.5, 0.6) is 5.75 Å². The van der Waals surface area contributed by atoms with E-state index < -0.39 is 11.4 Å². The lowest BCUT2D eigenvalue weighted by Gasteiger charge is -2.19. The van der Waals surface area contributed by atoms with Crippen LogP contribution in [0.15, 0.2) is 36.7 Å². The largest absolute Gasteiger partial charge is 0.496 e. The van der Waals surface area contributed by atoms with Crippen LogP contribution < -0.4 is 21.1 Å². The molecule has 0 aliphatic rings. The molecule has 29 heavy (non-hydrogen) atoms. The molecule has 0 saturated heterocycles. The third-order valence-corrected chi connectivity index (χ3v) is 4.56. The van der Waals surface area contributed by atoms with Gasteiger partial charge in [0.25, 0.3) is 0 Å². The molecule has 0 saturated carbocycles. The number of anilines is 2. The fourth-order valence-corrected chi connectivity index (χ4v) is 2.86. The lowest BCUT2D eigenvalue weighted by molar-refractivity contribution is -0.125. The number of nitrogens with one attached hydrogen (secondary N) is 2. The van der Waals surface area contributed by atoms with Gasteiger partial charge >= 0.3 is 0 Å². The Bertz CT molecular complexity index is 1070. The number of hydrogen-bond donors (Lipinski definition) is 3. The molecule has 1 amide bonds. The van der Waals surface area contributed by atoms with Crippen LogP contribution in [0.4, 0.5) is 15.9 Å². The molecule has 0 aliphatic carbocycles. The van der Waals surface area contributed by atoms with Crippen LogP contribution in [0.3, 0.4) is 0 Å². The van der Waals surface area contributed by atoms with E-state index in [1.165, 1.54) is 19.5 Å². The second-order valence-electron chi connectivity index (χ2n) is 7.03. The molecule has 0 unspecified atom stereocenters. The molecule has 7 nitrogen and oxygen atoms in total. The fourth-order valence-electron chi connectivity index (χ4n) is 2.69. The topological polar surface area (TPSA) is 102 Å². The van der Waals surface area contributed by atoms with Gasteiger partial charge in [-0.25, -0.2) is 14.4 Å². The Morgan fingerprint density at radius 3 is 2.76 bits per heavy atom. The summed E-state index contributed by atoms with van der Waals surface area (Å²) in [7, 11) is 1.53. The average Bonchev–Trinajstić information content (AvgIpc) is 2.68. The van der Waals surface area contributed by atoms with Crippen molar-refractivity contribution in [3.05, 3.63) is 53.1 Å². The van der Waals surface area contributed by atoms with Crippen LogP contribution in [0, 0.1) is 5.82 Å². The average molecular weight is 418 g/mol. The first kappa shape index (κ1) is 20.8. The number of methoxy groups -OCH3 is 1. The molecule has 3 rings (SSSR count). The van der Waals surface area contributed by atoms with Gasteiger partial charge < -0.3 is 21.1 Å². The van der Waals surface area contributed by atoms with E-state index in [0.29, 0.717) is 28.0 Å². The first-order chi connectivity index (χ1) is 13.7. The monoisotopic (exact) mass is 417 g/mol. The van der Waals surface area contributed by atoms with E-state index in [9.17, 15) is 9.18 Å². The van der Waals surface area contributed by atoms with Gasteiger partial charge in [-0.3, -0.25) is 4.79 Å². The number of nitrogens with zero attached hydrogens (tertiary/aromatic N) is 2. The Hall–Kier alpha value is -2.97. The zero-order chi connectivity index (χ0) is 21.2. The second kappa shape index (κ2) is 8.18. The van der Waals surface area contributed by atoms with Crippen LogP contribution in [0.1, 0.15) is 19.4 Å². The van der Waals surface area contributed by atoms with Crippen molar-refractivity contribution in [1.82, 2.24) is 15.3 Å². The minimum Gasteiger partial charge on any atom is -0.496 e. The van der Waals surface area contributed by atoms with E-state index in [2.05, 4.69) is 20.6 Å². The van der Waals surface area contributed by atoms with Gasteiger partial charge in [0, 0.05) is 23.6 Å². The minimum atomic E-state index is -1.01. The Morgan fingerprint density at radius 2 is 2.07 bits per heavy atom. The number of carbonyl (C=O) groups is 1. The third-order valence-electron chi connectivity index (χ3n) is 4.27. The summed E-state index contributed by atoms with van der Waals surface area (Å²) in [5, 5.41) is 6.36. The van der Waals surface area contributed by atoms with Crippen LogP contribution in [-0.4, -0.2) is 28.5 Å². The Morgan fingerprint density at radius 1 is 1.31 bits per heavy atom. The molecule has 9 heteroatoms. The van der Waals surface area contributed by atoms with Gasteiger partial charge in [-0.05, 0) is 32.0 Å². The highest BCUT2D eigenvalue weighted by molar-refractivity contribution is 6.31. The number of carbonyl (C=O) groups excluding carboxylic acids is 1. The molecular weight excluding hydrogens is 397 g/mol. The molecule has 4 N–H and O–H groups in total. The maximum atomic E-state index is 14.3. The standard InChI is InChI=1S/C20H21ClFN5O2/c1-20(2,23)19(28)24-9-11-7-12-15(8-16(11)29-3)25-10-26-18(12)27-14-6-4-5-13(21)17(14)22/h4-8,10H,9,23H2,1-3H3,(H,24,28)(H,25,26,27). The van der Waals surface area contributed by atoms with Crippen molar-refractivity contribution >= 4 is 39.9 Å². The van der Waals surface area contributed by atoms with Crippen LogP contribution in [0.2, 0.25) is 5.02 Å². The highest BCUT2D eigenvalue weighted by Gasteiger charge is 2.22. The molecule has 2 aromatic carbocycles. The van der Waals surface area contributed by atoms with Crippen molar-refractivity contribution in [3.63, 3.8) is 0 Å². The molecule has 0 radical (unpaired) electrons. The van der Waals surface area contributed by atoms with Gasteiger partial charge in [0.05, 0.1) is 28.9 Å². The number of fused-ring (bicyclic) bond motifs is 1. The Labute approximate surface area is 172 Å². The molecule has 1 aromatic heterocycles. The van der Waals surface area contributed by atoms with E-state index in [0.717, 1.165) is 0 Å². The number of rotatable bonds is 6. The molecule has 0 bridgehead atoms. The molecule has 0 atom stereocenters. The third kappa shape index (κ3) is 4.55. The maximum absolute atomic E-state index is 14.3. The van der Waals surface area contributed by atoms with Crippen LogP contribution >= 0.6 is 11.6 Å². The van der Waals surface area contributed by atoms with Gasteiger partial charge in [0.15, 0.2) is 5.82 Å². The van der Waals surface area contributed by atoms with Crippen molar-refractivity contribution in [3.8, 4) is 5.75 Å². The summed E-state index contributed by atoms with van der Waals surface area (Å²) in [5.41, 5.74) is 6.29. The summed E-state index contributed by atoms with van der Waals surface area (Å²) in [6.45, 7) is 3.43. The quantitative estimate of drug-likeness (QED) is 0.567. The van der Waals surface area contributed by atoms with Crippen molar-refractivity contribution in [2.45, 2.75) is 25.9 Å².